The van der Waals surface area contributed by atoms with Gasteiger partial charge in [0, 0.05) is 18.4 Å². The van der Waals surface area contributed by atoms with Gasteiger partial charge in [0.1, 0.15) is 12.6 Å². The first-order valence-corrected chi connectivity index (χ1v) is 12.3. The van der Waals surface area contributed by atoms with Crippen molar-refractivity contribution in [2.45, 2.75) is 70.9 Å². The molecule has 0 aliphatic heterocycles. The van der Waals surface area contributed by atoms with Crippen LogP contribution in [0.4, 0.5) is 4.79 Å². The predicted molar refractivity (Wildman–Crippen MR) is 142 cm³/mol. The number of nitrogens with one attached hydrogen (secondary N) is 2. The molecule has 0 heterocycles. The lowest BCUT2D eigenvalue weighted by Crippen LogP contribution is -2.50. The molecule has 192 valence electrons. The van der Waals surface area contributed by atoms with Crippen LogP contribution >= 0.6 is 0 Å². The fourth-order valence-corrected chi connectivity index (χ4v) is 3.55. The van der Waals surface area contributed by atoms with Crippen molar-refractivity contribution in [2.75, 3.05) is 19.8 Å². The maximum Gasteiger partial charge on any atom is 0.407 e. The van der Waals surface area contributed by atoms with E-state index in [1.165, 1.54) is 0 Å². The van der Waals surface area contributed by atoms with E-state index in [-0.39, 0.29) is 31.0 Å². The molecule has 0 fully saturated rings. The van der Waals surface area contributed by atoms with E-state index in [0.29, 0.717) is 13.0 Å². The fourth-order valence-electron chi connectivity index (χ4n) is 3.55. The van der Waals surface area contributed by atoms with Crippen molar-refractivity contribution in [2.24, 2.45) is 5.92 Å². The predicted octanol–water partition coefficient (Wildman–Crippen LogP) is 5.15. The van der Waals surface area contributed by atoms with Crippen LogP contribution in [0.3, 0.4) is 0 Å². The molecular formula is C29H42N2O4. The average molecular weight is 483 g/mol. The Bertz CT molecular complexity index is 866. The summed E-state index contributed by atoms with van der Waals surface area (Å²) >= 11 is 0. The Hall–Kier alpha value is -3.04. The highest BCUT2D eigenvalue weighted by atomic mass is 16.5. The number of benzene rings is 1. The molecule has 0 radical (unpaired) electrons. The van der Waals surface area contributed by atoms with Gasteiger partial charge in [-0.2, -0.15) is 0 Å². The quantitative estimate of drug-likeness (QED) is 0.206. The summed E-state index contributed by atoms with van der Waals surface area (Å²) in [6, 6.07) is 6.97. The zero-order valence-corrected chi connectivity index (χ0v) is 21.8. The van der Waals surface area contributed by atoms with Crippen molar-refractivity contribution in [3.63, 3.8) is 0 Å². The summed E-state index contributed by atoms with van der Waals surface area (Å²) in [5, 5.41) is 5.53. The largest absolute Gasteiger partial charge is 0.449 e. The summed E-state index contributed by atoms with van der Waals surface area (Å²) in [5.41, 5.74) is 1.57. The van der Waals surface area contributed by atoms with E-state index in [9.17, 15) is 9.59 Å². The van der Waals surface area contributed by atoms with Crippen LogP contribution in [0.25, 0.3) is 0 Å². The van der Waals surface area contributed by atoms with E-state index < -0.39 is 17.7 Å². The Balaban J connectivity index is 2.94. The van der Waals surface area contributed by atoms with Crippen molar-refractivity contribution in [3.05, 3.63) is 60.7 Å². The number of ether oxygens (including phenoxy) is 2. The molecule has 35 heavy (non-hydrogen) atoms. The van der Waals surface area contributed by atoms with Gasteiger partial charge in [0.05, 0.1) is 12.2 Å². The average Bonchev–Trinajstić information content (AvgIpc) is 2.82. The highest BCUT2D eigenvalue weighted by Gasteiger charge is 2.27. The third-order valence-electron chi connectivity index (χ3n) is 5.46. The minimum absolute atomic E-state index is 0.0312. The summed E-state index contributed by atoms with van der Waals surface area (Å²) in [6.45, 7) is 16.1. The second-order valence-electron chi connectivity index (χ2n) is 9.44. The van der Waals surface area contributed by atoms with Crippen molar-refractivity contribution >= 4 is 12.0 Å². The Morgan fingerprint density at radius 3 is 2.49 bits per heavy atom. The van der Waals surface area contributed by atoms with Crippen molar-refractivity contribution in [3.8, 4) is 12.3 Å². The van der Waals surface area contributed by atoms with Gasteiger partial charge in [0.15, 0.2) is 0 Å². The number of carbonyl (C=O) groups excluding carboxylic acids is 2. The number of hydrogen-bond acceptors (Lipinski definition) is 4. The molecule has 1 rings (SSSR count). The van der Waals surface area contributed by atoms with Gasteiger partial charge < -0.3 is 20.1 Å². The Morgan fingerprint density at radius 1 is 1.17 bits per heavy atom. The maximum atomic E-state index is 12.7. The number of amides is 2. The van der Waals surface area contributed by atoms with Gasteiger partial charge in [-0.1, -0.05) is 62.1 Å². The van der Waals surface area contributed by atoms with E-state index in [1.54, 1.807) is 6.08 Å². The third kappa shape index (κ3) is 11.3. The molecule has 3 atom stereocenters. The summed E-state index contributed by atoms with van der Waals surface area (Å²) in [7, 11) is 0. The number of hydrogen-bond donors (Lipinski definition) is 2. The molecule has 0 saturated carbocycles. The molecule has 1 aromatic rings. The van der Waals surface area contributed by atoms with Gasteiger partial charge in [-0.25, -0.2) is 4.79 Å². The SMILES string of the molecule is C#CC(C=C)C(COC(=O)NC(COC(C)(C)C)C(=O)NCCCCC)c1ccccc1CC=C. The van der Waals surface area contributed by atoms with Crippen LogP contribution in [0.5, 0.6) is 0 Å². The second-order valence-corrected chi connectivity index (χ2v) is 9.44. The molecule has 6 nitrogen and oxygen atoms in total. The monoisotopic (exact) mass is 482 g/mol. The number of alkyl carbamates (subject to hydrolysis) is 1. The summed E-state index contributed by atoms with van der Waals surface area (Å²) in [6.07, 6.45) is 12.2. The van der Waals surface area contributed by atoms with Crippen LogP contribution in [0.1, 0.15) is 64.0 Å². The van der Waals surface area contributed by atoms with Crippen LogP contribution in [-0.4, -0.2) is 43.4 Å². The minimum atomic E-state index is -0.877. The summed E-state index contributed by atoms with van der Waals surface area (Å²) < 4.78 is 11.3. The first kappa shape index (κ1) is 30.0. The highest BCUT2D eigenvalue weighted by molar-refractivity contribution is 5.85. The third-order valence-corrected chi connectivity index (χ3v) is 5.46. The Labute approximate surface area is 211 Å². The smallest absolute Gasteiger partial charge is 0.407 e. The fraction of sp³-hybridized carbons (Fsp3) is 0.517. The minimum Gasteiger partial charge on any atom is -0.449 e. The lowest BCUT2D eigenvalue weighted by atomic mass is 9.84. The number of allylic oxidation sites excluding steroid dienone is 2. The van der Waals surface area contributed by atoms with Crippen molar-refractivity contribution in [1.82, 2.24) is 10.6 Å². The number of terminal acetylenes is 1. The molecular weight excluding hydrogens is 440 g/mol. The number of unbranched alkanes of at least 4 members (excludes halogenated alkanes) is 2. The van der Waals surface area contributed by atoms with E-state index >= 15 is 0 Å². The number of rotatable bonds is 15. The van der Waals surface area contributed by atoms with Crippen LogP contribution < -0.4 is 10.6 Å². The summed E-state index contributed by atoms with van der Waals surface area (Å²) in [4.78, 5) is 25.5. The zero-order chi connectivity index (χ0) is 26.3. The van der Waals surface area contributed by atoms with Crippen molar-refractivity contribution < 1.29 is 19.1 Å². The molecule has 1 aromatic carbocycles. The standard InChI is InChI=1S/C29H42N2O4/c1-8-12-15-19-30-27(32)26(21-35-29(5,6)7)31-28(33)34-20-25(22(10-3)11-4)24-18-14-13-17-23(24)16-9-2/h3,9,11,13-14,17-18,22,25-26H,2,4,8,12,15-16,19-21H2,1,5-7H3,(H,30,32)(H,31,33). The Kier molecular flexibility index (Phi) is 13.5. The second kappa shape index (κ2) is 15.8. The lowest BCUT2D eigenvalue weighted by Gasteiger charge is -2.26. The molecule has 0 aliphatic carbocycles. The molecule has 6 heteroatoms. The zero-order valence-electron chi connectivity index (χ0n) is 21.8. The molecule has 3 unspecified atom stereocenters. The number of carbonyl (C=O) groups is 2. The van der Waals surface area contributed by atoms with E-state index in [1.807, 2.05) is 51.1 Å². The van der Waals surface area contributed by atoms with Gasteiger partial charge in [0.25, 0.3) is 0 Å². The molecule has 0 aromatic heterocycles. The van der Waals surface area contributed by atoms with Crippen molar-refractivity contribution in [1.29, 1.82) is 0 Å². The Morgan fingerprint density at radius 2 is 1.89 bits per heavy atom. The normalized spacial score (nSPS) is 13.6. The maximum absolute atomic E-state index is 12.7. The van der Waals surface area contributed by atoms with Gasteiger partial charge in [-0.15, -0.1) is 19.6 Å². The molecule has 0 bridgehead atoms. The molecule has 2 N–H and O–H groups in total. The molecule has 0 spiro atoms. The first-order valence-electron chi connectivity index (χ1n) is 12.3. The van der Waals surface area contributed by atoms with E-state index in [0.717, 1.165) is 30.4 Å². The lowest BCUT2D eigenvalue weighted by molar-refractivity contribution is -0.126. The first-order chi connectivity index (χ1) is 16.7. The van der Waals surface area contributed by atoms with Crippen LogP contribution in [-0.2, 0) is 20.7 Å². The summed E-state index contributed by atoms with van der Waals surface area (Å²) in [5.74, 6) is 1.81. The van der Waals surface area contributed by atoms with Gasteiger partial charge in [-0.05, 0) is 44.7 Å². The molecule has 0 aliphatic rings. The molecule has 0 saturated heterocycles. The molecule has 2 amide bonds. The van der Waals surface area contributed by atoms with E-state index in [4.69, 9.17) is 15.9 Å². The van der Waals surface area contributed by atoms with E-state index in [2.05, 4.69) is 36.6 Å². The van der Waals surface area contributed by atoms with Crippen LogP contribution in [0.15, 0.2) is 49.6 Å². The topological polar surface area (TPSA) is 76.7 Å². The van der Waals surface area contributed by atoms with Crippen LogP contribution in [0.2, 0.25) is 0 Å². The van der Waals surface area contributed by atoms with Gasteiger partial charge in [0.2, 0.25) is 5.91 Å². The highest BCUT2D eigenvalue weighted by Crippen LogP contribution is 2.29. The van der Waals surface area contributed by atoms with Gasteiger partial charge in [-0.3, -0.25) is 4.79 Å². The van der Waals surface area contributed by atoms with Crippen LogP contribution in [0, 0.1) is 18.3 Å². The van der Waals surface area contributed by atoms with Gasteiger partial charge >= 0.3 is 6.09 Å².